The second-order valence-corrected chi connectivity index (χ2v) is 6.32. The molecule has 0 unspecified atom stereocenters. The van der Waals surface area contributed by atoms with E-state index < -0.39 is 18.5 Å². The predicted octanol–water partition coefficient (Wildman–Crippen LogP) is 3.73. The standard InChI is InChI=1S/C19H18F3NO3/c20-14-3-1-2-13(8-14)16-10-23(11-17(16)18(24)25)9-12-4-6-15(7-5-12)26-19(21)22/h1-8,16-17,19H,9-11H2,(H,24,25)/t16-,17+/m0/s1. The summed E-state index contributed by atoms with van der Waals surface area (Å²) in [5.74, 6) is -2.16. The van der Waals surface area contributed by atoms with Crippen molar-refractivity contribution in [3.63, 3.8) is 0 Å². The van der Waals surface area contributed by atoms with Crippen LogP contribution >= 0.6 is 0 Å². The van der Waals surface area contributed by atoms with Crippen molar-refractivity contribution in [2.45, 2.75) is 19.1 Å². The summed E-state index contributed by atoms with van der Waals surface area (Å²) in [6.07, 6.45) is 0. The van der Waals surface area contributed by atoms with Gasteiger partial charge in [-0.2, -0.15) is 8.78 Å². The molecule has 0 aliphatic carbocycles. The smallest absolute Gasteiger partial charge is 0.387 e. The monoisotopic (exact) mass is 365 g/mol. The molecule has 0 radical (unpaired) electrons. The Labute approximate surface area is 148 Å². The van der Waals surface area contributed by atoms with Gasteiger partial charge in [0, 0.05) is 25.6 Å². The molecule has 1 aliphatic heterocycles. The zero-order chi connectivity index (χ0) is 18.7. The summed E-state index contributed by atoms with van der Waals surface area (Å²) in [7, 11) is 0. The largest absolute Gasteiger partial charge is 0.481 e. The molecule has 1 fully saturated rings. The average Bonchev–Trinajstić information content (AvgIpc) is 3.00. The van der Waals surface area contributed by atoms with Crippen LogP contribution in [-0.4, -0.2) is 35.7 Å². The first-order valence-electron chi connectivity index (χ1n) is 8.17. The Bertz CT molecular complexity index is 767. The summed E-state index contributed by atoms with van der Waals surface area (Å²) in [6.45, 7) is -1.57. The molecule has 2 atom stereocenters. The summed E-state index contributed by atoms with van der Waals surface area (Å²) in [5, 5.41) is 9.51. The Morgan fingerprint density at radius 1 is 1.19 bits per heavy atom. The Morgan fingerprint density at radius 2 is 1.92 bits per heavy atom. The van der Waals surface area contributed by atoms with Crippen LogP contribution in [0.5, 0.6) is 5.75 Å². The fraction of sp³-hybridized carbons (Fsp3) is 0.316. The lowest BCUT2D eigenvalue weighted by molar-refractivity contribution is -0.141. The number of nitrogens with zero attached hydrogens (tertiary/aromatic N) is 1. The number of carboxylic acids is 1. The molecule has 1 saturated heterocycles. The van der Waals surface area contributed by atoms with Gasteiger partial charge in [-0.25, -0.2) is 4.39 Å². The number of likely N-dealkylation sites (tertiary alicyclic amines) is 1. The van der Waals surface area contributed by atoms with Crippen molar-refractivity contribution in [2.24, 2.45) is 5.92 Å². The minimum absolute atomic E-state index is 0.0752. The lowest BCUT2D eigenvalue weighted by Crippen LogP contribution is -2.23. The molecule has 0 saturated carbocycles. The number of hydrogen-bond donors (Lipinski definition) is 1. The number of aliphatic carboxylic acids is 1. The number of rotatable bonds is 6. The summed E-state index contributed by atoms with van der Waals surface area (Å²) in [4.78, 5) is 13.6. The van der Waals surface area contributed by atoms with E-state index in [0.717, 1.165) is 5.56 Å². The van der Waals surface area contributed by atoms with E-state index >= 15 is 0 Å². The van der Waals surface area contributed by atoms with Crippen molar-refractivity contribution in [2.75, 3.05) is 13.1 Å². The third-order valence-corrected chi connectivity index (χ3v) is 4.54. The summed E-state index contributed by atoms with van der Waals surface area (Å²) >= 11 is 0. The molecule has 1 aliphatic rings. The predicted molar refractivity (Wildman–Crippen MR) is 88.6 cm³/mol. The van der Waals surface area contributed by atoms with Crippen molar-refractivity contribution < 1.29 is 27.8 Å². The van der Waals surface area contributed by atoms with E-state index in [1.807, 2.05) is 4.90 Å². The van der Waals surface area contributed by atoms with Crippen LogP contribution in [0.3, 0.4) is 0 Å². The van der Waals surface area contributed by atoms with Gasteiger partial charge in [0.25, 0.3) is 0 Å². The van der Waals surface area contributed by atoms with E-state index in [2.05, 4.69) is 4.74 Å². The van der Waals surface area contributed by atoms with Crippen LogP contribution in [0.4, 0.5) is 13.2 Å². The lowest BCUT2D eigenvalue weighted by atomic mass is 9.89. The molecule has 3 rings (SSSR count). The second-order valence-electron chi connectivity index (χ2n) is 6.32. The average molecular weight is 365 g/mol. The van der Waals surface area contributed by atoms with Crippen LogP contribution in [0.15, 0.2) is 48.5 Å². The zero-order valence-electron chi connectivity index (χ0n) is 13.8. The topological polar surface area (TPSA) is 49.8 Å². The maximum Gasteiger partial charge on any atom is 0.387 e. The highest BCUT2D eigenvalue weighted by Gasteiger charge is 2.38. The third-order valence-electron chi connectivity index (χ3n) is 4.54. The van der Waals surface area contributed by atoms with Gasteiger partial charge in [-0.1, -0.05) is 24.3 Å². The van der Waals surface area contributed by atoms with Crippen LogP contribution in [-0.2, 0) is 11.3 Å². The maximum absolute atomic E-state index is 13.5. The molecule has 138 valence electrons. The first-order chi connectivity index (χ1) is 12.4. The molecular weight excluding hydrogens is 347 g/mol. The Morgan fingerprint density at radius 3 is 2.54 bits per heavy atom. The first kappa shape index (κ1) is 18.3. The van der Waals surface area contributed by atoms with Gasteiger partial charge in [0.05, 0.1) is 5.92 Å². The maximum atomic E-state index is 13.5. The van der Waals surface area contributed by atoms with E-state index in [1.165, 1.54) is 24.3 Å². The molecule has 0 spiro atoms. The molecule has 2 aromatic carbocycles. The van der Waals surface area contributed by atoms with Crippen molar-refractivity contribution in [3.05, 3.63) is 65.5 Å². The molecule has 1 N–H and O–H groups in total. The molecular formula is C19H18F3NO3. The third kappa shape index (κ3) is 4.35. The van der Waals surface area contributed by atoms with E-state index in [4.69, 9.17) is 0 Å². The SMILES string of the molecule is O=C(O)[C@@H]1CN(Cc2ccc(OC(F)F)cc2)C[C@H]1c1cccc(F)c1. The van der Waals surface area contributed by atoms with Gasteiger partial charge in [0.15, 0.2) is 0 Å². The number of benzene rings is 2. The second kappa shape index (κ2) is 7.78. The lowest BCUT2D eigenvalue weighted by Gasteiger charge is -2.16. The van der Waals surface area contributed by atoms with E-state index in [0.29, 0.717) is 25.2 Å². The van der Waals surface area contributed by atoms with Crippen molar-refractivity contribution in [1.29, 1.82) is 0 Å². The number of carbonyl (C=O) groups is 1. The van der Waals surface area contributed by atoms with Gasteiger partial charge in [-0.05, 0) is 35.4 Å². The molecule has 0 amide bonds. The number of halogens is 3. The number of ether oxygens (including phenoxy) is 1. The summed E-state index contributed by atoms with van der Waals surface area (Å²) < 4.78 is 42.2. The van der Waals surface area contributed by atoms with Crippen LogP contribution in [0, 0.1) is 11.7 Å². The fourth-order valence-electron chi connectivity index (χ4n) is 3.37. The summed E-state index contributed by atoms with van der Waals surface area (Å²) in [6, 6.07) is 12.3. The fourth-order valence-corrected chi connectivity index (χ4v) is 3.37. The highest BCUT2D eigenvalue weighted by atomic mass is 19.3. The Balaban J connectivity index is 1.70. The van der Waals surface area contributed by atoms with Crippen LogP contribution < -0.4 is 4.74 Å². The minimum atomic E-state index is -2.87. The molecule has 1 heterocycles. The highest BCUT2D eigenvalue weighted by Crippen LogP contribution is 2.34. The molecule has 26 heavy (non-hydrogen) atoms. The Kier molecular flexibility index (Phi) is 5.46. The van der Waals surface area contributed by atoms with E-state index in [9.17, 15) is 23.1 Å². The molecule has 7 heteroatoms. The van der Waals surface area contributed by atoms with Crippen LogP contribution in [0.2, 0.25) is 0 Å². The highest BCUT2D eigenvalue weighted by molar-refractivity contribution is 5.72. The number of hydrogen-bond acceptors (Lipinski definition) is 3. The molecule has 0 bridgehead atoms. The van der Waals surface area contributed by atoms with Crippen molar-refractivity contribution >= 4 is 5.97 Å². The molecule has 4 nitrogen and oxygen atoms in total. The van der Waals surface area contributed by atoms with Gasteiger partial charge in [-0.3, -0.25) is 9.69 Å². The van der Waals surface area contributed by atoms with Gasteiger partial charge < -0.3 is 9.84 Å². The number of alkyl halides is 2. The molecule has 0 aromatic heterocycles. The Hall–Kier alpha value is -2.54. The normalized spacial score (nSPS) is 20.5. The van der Waals surface area contributed by atoms with E-state index in [1.54, 1.807) is 24.3 Å². The van der Waals surface area contributed by atoms with Crippen molar-refractivity contribution in [3.8, 4) is 5.75 Å². The van der Waals surface area contributed by atoms with Crippen LogP contribution in [0.25, 0.3) is 0 Å². The molecule has 2 aromatic rings. The van der Waals surface area contributed by atoms with Gasteiger partial charge in [0.2, 0.25) is 0 Å². The van der Waals surface area contributed by atoms with Gasteiger partial charge in [-0.15, -0.1) is 0 Å². The van der Waals surface area contributed by atoms with Gasteiger partial charge >= 0.3 is 12.6 Å². The number of carboxylic acid groups (broad SMARTS) is 1. The van der Waals surface area contributed by atoms with Crippen molar-refractivity contribution in [1.82, 2.24) is 4.90 Å². The van der Waals surface area contributed by atoms with Gasteiger partial charge in [0.1, 0.15) is 11.6 Å². The quantitative estimate of drug-likeness (QED) is 0.848. The van der Waals surface area contributed by atoms with E-state index in [-0.39, 0.29) is 17.5 Å². The summed E-state index contributed by atoms with van der Waals surface area (Å²) in [5.41, 5.74) is 1.52. The minimum Gasteiger partial charge on any atom is -0.481 e. The first-order valence-corrected chi connectivity index (χ1v) is 8.17. The van der Waals surface area contributed by atoms with Crippen LogP contribution in [0.1, 0.15) is 17.0 Å². The zero-order valence-corrected chi connectivity index (χ0v) is 13.8.